The normalized spacial score (nSPS) is 12.9. The van der Waals surface area contributed by atoms with Gasteiger partial charge in [-0.3, -0.25) is 0 Å². The van der Waals surface area contributed by atoms with E-state index in [1.54, 1.807) is 0 Å². The third kappa shape index (κ3) is 5.07. The number of aromatic nitrogens is 1. The van der Waals surface area contributed by atoms with Crippen molar-refractivity contribution in [2.75, 3.05) is 4.90 Å². The van der Waals surface area contributed by atoms with Gasteiger partial charge in [-0.15, -0.1) is 0 Å². The first-order valence-electron chi connectivity index (χ1n) is 21.9. The van der Waals surface area contributed by atoms with Crippen LogP contribution in [-0.2, 0) is 5.41 Å². The van der Waals surface area contributed by atoms with E-state index in [1.165, 1.54) is 88.7 Å². The molecule has 0 saturated heterocycles. The summed E-state index contributed by atoms with van der Waals surface area (Å²) in [5.41, 5.74) is 21.6. The van der Waals surface area contributed by atoms with Gasteiger partial charge in [0.15, 0.2) is 0 Å². The van der Waals surface area contributed by atoms with Gasteiger partial charge in [-0.05, 0) is 92.0 Å². The van der Waals surface area contributed by atoms with Crippen LogP contribution in [0.4, 0.5) is 17.1 Å². The number of hydrogen-bond donors (Lipinski definition) is 0. The van der Waals surface area contributed by atoms with E-state index < -0.39 is 5.41 Å². The Kier molecular flexibility index (Phi) is 7.85. The summed E-state index contributed by atoms with van der Waals surface area (Å²) in [6, 6.07) is 89.5. The Morgan fingerprint density at radius 1 is 0.317 bits per heavy atom. The summed E-state index contributed by atoms with van der Waals surface area (Å²) in [5, 5.41) is 2.47. The maximum Gasteiger partial charge on any atom is 0.0754 e. The quantitative estimate of drug-likeness (QED) is 0.163. The summed E-state index contributed by atoms with van der Waals surface area (Å²) in [5.74, 6) is 0. The molecule has 294 valence electrons. The minimum Gasteiger partial charge on any atom is -0.309 e. The fraction of sp³-hybridized carbons (Fsp3) is 0.0164. The van der Waals surface area contributed by atoms with Crippen LogP contribution in [0.3, 0.4) is 0 Å². The summed E-state index contributed by atoms with van der Waals surface area (Å²) in [4.78, 5) is 2.49. The SMILES string of the molecule is c1ccc(-c2ccccc2-c2ccccc2N(c2ccc3c(c2)c2cccc4c2n3-c2ccccc2C42c3ccccc3-c3ccccc32)c2ccccc2-c2ccccc2)cc1. The lowest BCUT2D eigenvalue weighted by molar-refractivity contribution is 0.748. The third-order valence-electron chi connectivity index (χ3n) is 13.6. The zero-order valence-electron chi connectivity index (χ0n) is 34.5. The van der Waals surface area contributed by atoms with Gasteiger partial charge in [0, 0.05) is 27.6 Å². The number of hydrogen-bond acceptors (Lipinski definition) is 1. The van der Waals surface area contributed by atoms with Gasteiger partial charge in [0.2, 0.25) is 0 Å². The summed E-state index contributed by atoms with van der Waals surface area (Å²) < 4.78 is 2.54. The molecule has 10 aromatic carbocycles. The molecule has 0 N–H and O–H groups in total. The van der Waals surface area contributed by atoms with Gasteiger partial charge < -0.3 is 9.47 Å². The van der Waals surface area contributed by atoms with Gasteiger partial charge in [0.25, 0.3) is 0 Å². The Morgan fingerprint density at radius 3 is 1.49 bits per heavy atom. The summed E-state index contributed by atoms with van der Waals surface area (Å²) in [7, 11) is 0. The maximum absolute atomic E-state index is 2.54. The van der Waals surface area contributed by atoms with Crippen molar-refractivity contribution >= 4 is 38.9 Å². The topological polar surface area (TPSA) is 8.17 Å². The highest BCUT2D eigenvalue weighted by Crippen LogP contribution is 2.61. The first kappa shape index (κ1) is 35.5. The van der Waals surface area contributed by atoms with Gasteiger partial charge in [-0.25, -0.2) is 0 Å². The maximum atomic E-state index is 2.54. The molecule has 2 aliphatic rings. The molecular weight excluding hydrogens is 761 g/mol. The number of para-hydroxylation sites is 4. The molecule has 2 nitrogen and oxygen atoms in total. The summed E-state index contributed by atoms with van der Waals surface area (Å²) in [6.45, 7) is 0. The first-order chi connectivity index (χ1) is 31.3. The summed E-state index contributed by atoms with van der Waals surface area (Å²) in [6.07, 6.45) is 0. The number of anilines is 3. The molecule has 0 bridgehead atoms. The Morgan fingerprint density at radius 2 is 0.810 bits per heavy atom. The van der Waals surface area contributed by atoms with Crippen molar-refractivity contribution < 1.29 is 0 Å². The smallest absolute Gasteiger partial charge is 0.0754 e. The van der Waals surface area contributed by atoms with Crippen LogP contribution in [0.25, 0.3) is 72.0 Å². The summed E-state index contributed by atoms with van der Waals surface area (Å²) >= 11 is 0. The molecule has 0 unspecified atom stereocenters. The minimum atomic E-state index is -0.456. The number of rotatable bonds is 6. The highest BCUT2D eigenvalue weighted by atomic mass is 15.1. The second kappa shape index (κ2) is 13.9. The predicted octanol–water partition coefficient (Wildman–Crippen LogP) is 15.9. The molecule has 0 saturated carbocycles. The number of benzene rings is 10. The molecule has 0 fully saturated rings. The zero-order chi connectivity index (χ0) is 41.5. The van der Waals surface area contributed by atoms with E-state index in [0.29, 0.717) is 0 Å². The van der Waals surface area contributed by atoms with Crippen molar-refractivity contribution in [3.05, 3.63) is 265 Å². The average molecular weight is 801 g/mol. The highest BCUT2D eigenvalue weighted by Gasteiger charge is 2.50. The van der Waals surface area contributed by atoms with Crippen LogP contribution < -0.4 is 4.90 Å². The first-order valence-corrected chi connectivity index (χ1v) is 21.9. The number of nitrogens with zero attached hydrogens (tertiary/aromatic N) is 2. The van der Waals surface area contributed by atoms with Gasteiger partial charge in [-0.2, -0.15) is 0 Å². The van der Waals surface area contributed by atoms with E-state index in [4.69, 9.17) is 0 Å². The van der Waals surface area contributed by atoms with Gasteiger partial charge >= 0.3 is 0 Å². The molecule has 1 aliphatic carbocycles. The molecule has 1 aromatic heterocycles. The zero-order valence-corrected chi connectivity index (χ0v) is 34.5. The van der Waals surface area contributed by atoms with Crippen molar-refractivity contribution in [1.29, 1.82) is 0 Å². The highest BCUT2D eigenvalue weighted by molar-refractivity contribution is 6.14. The molecule has 13 rings (SSSR count). The Hall–Kier alpha value is -8.20. The molecule has 1 spiro atoms. The van der Waals surface area contributed by atoms with Crippen LogP contribution in [0.15, 0.2) is 243 Å². The van der Waals surface area contributed by atoms with Crippen LogP contribution >= 0.6 is 0 Å². The fourth-order valence-electron chi connectivity index (χ4n) is 11.1. The van der Waals surface area contributed by atoms with Crippen LogP contribution in [-0.4, -0.2) is 4.57 Å². The molecule has 2 heteroatoms. The molecule has 2 heterocycles. The van der Waals surface area contributed by atoms with Crippen molar-refractivity contribution in [3.63, 3.8) is 0 Å². The van der Waals surface area contributed by atoms with Crippen LogP contribution in [0.2, 0.25) is 0 Å². The molecule has 1 aliphatic heterocycles. The molecule has 0 radical (unpaired) electrons. The second-order valence-corrected chi connectivity index (χ2v) is 16.7. The fourth-order valence-corrected chi connectivity index (χ4v) is 11.1. The minimum absolute atomic E-state index is 0.456. The monoisotopic (exact) mass is 800 g/mol. The molecule has 0 amide bonds. The van der Waals surface area contributed by atoms with Crippen molar-refractivity contribution in [2.24, 2.45) is 0 Å². The lowest BCUT2D eigenvalue weighted by Gasteiger charge is -2.39. The molecule has 63 heavy (non-hydrogen) atoms. The number of fused-ring (bicyclic) bond motifs is 12. The average Bonchev–Trinajstić information content (AvgIpc) is 3.85. The van der Waals surface area contributed by atoms with E-state index in [0.717, 1.165) is 22.6 Å². The van der Waals surface area contributed by atoms with Crippen molar-refractivity contribution in [3.8, 4) is 50.2 Å². The largest absolute Gasteiger partial charge is 0.309 e. The van der Waals surface area contributed by atoms with Crippen LogP contribution in [0.1, 0.15) is 22.3 Å². The van der Waals surface area contributed by atoms with E-state index in [1.807, 2.05) is 0 Å². The predicted molar refractivity (Wildman–Crippen MR) is 263 cm³/mol. The molecular formula is C61H40N2. The van der Waals surface area contributed by atoms with Gasteiger partial charge in [0.05, 0.1) is 33.5 Å². The van der Waals surface area contributed by atoms with E-state index >= 15 is 0 Å². The van der Waals surface area contributed by atoms with Gasteiger partial charge in [-0.1, -0.05) is 206 Å². The lowest BCUT2D eigenvalue weighted by Crippen LogP contribution is -2.33. The van der Waals surface area contributed by atoms with Crippen molar-refractivity contribution in [1.82, 2.24) is 4.57 Å². The molecule has 11 aromatic rings. The van der Waals surface area contributed by atoms with E-state index in [9.17, 15) is 0 Å². The van der Waals surface area contributed by atoms with Crippen LogP contribution in [0.5, 0.6) is 0 Å². The van der Waals surface area contributed by atoms with Gasteiger partial charge in [0.1, 0.15) is 0 Å². The van der Waals surface area contributed by atoms with Crippen molar-refractivity contribution in [2.45, 2.75) is 5.41 Å². The third-order valence-corrected chi connectivity index (χ3v) is 13.6. The second-order valence-electron chi connectivity index (χ2n) is 16.7. The van der Waals surface area contributed by atoms with E-state index in [2.05, 4.69) is 252 Å². The molecule has 0 atom stereocenters. The Balaban J connectivity index is 1.10. The van der Waals surface area contributed by atoms with Crippen LogP contribution in [0, 0.1) is 0 Å². The Labute approximate surface area is 367 Å². The van der Waals surface area contributed by atoms with E-state index in [-0.39, 0.29) is 0 Å². The lowest BCUT2D eigenvalue weighted by atomic mass is 9.65. The standard InChI is InChI=1S/C61H40N2/c1-3-20-41(21-4-1)44-24-7-8-26-46(44)49-29-12-17-36-57(49)62(56-35-16-11-25-45(56)42-22-5-2-6-23-42)43-38-39-58-51(40-43)50-30-19-34-55-60(50)63(58)59-37-18-15-33-54(59)61(55)52-31-13-9-27-47(52)48-28-10-14-32-53(48)61/h1-40H. The Bertz CT molecular complexity index is 3530.